The van der Waals surface area contributed by atoms with Crippen LogP contribution in [0.5, 0.6) is 0 Å². The van der Waals surface area contributed by atoms with Gasteiger partial charge < -0.3 is 15.3 Å². The molecule has 0 aliphatic heterocycles. The lowest BCUT2D eigenvalue weighted by atomic mass is 10.2. The number of rotatable bonds is 6. The van der Waals surface area contributed by atoms with Gasteiger partial charge in [-0.05, 0) is 31.7 Å². The minimum Gasteiger partial charge on any atom is -0.479 e. The summed E-state index contributed by atoms with van der Waals surface area (Å²) in [7, 11) is 0. The smallest absolute Gasteiger partial charge is 0.331 e. The van der Waals surface area contributed by atoms with Crippen LogP contribution >= 0.6 is 11.3 Å². The second-order valence-corrected chi connectivity index (χ2v) is 5.50. The fraction of sp³-hybridized carbons (Fsp3) is 0.538. The third-order valence-corrected chi connectivity index (χ3v) is 3.63. The van der Waals surface area contributed by atoms with Gasteiger partial charge in [-0.3, -0.25) is 0 Å². The highest BCUT2D eigenvalue weighted by Crippen LogP contribution is 2.19. The van der Waals surface area contributed by atoms with Gasteiger partial charge in [0.2, 0.25) is 0 Å². The van der Waals surface area contributed by atoms with Gasteiger partial charge in [0.05, 0.1) is 0 Å². The lowest BCUT2D eigenvalue weighted by Crippen LogP contribution is -2.46. The number of carboxylic acids is 1. The molecule has 1 rings (SSSR count). The van der Waals surface area contributed by atoms with Crippen molar-refractivity contribution < 1.29 is 14.7 Å². The Labute approximate surface area is 117 Å². The standard InChI is InChI=1S/C13H20N2O3S/c1-4-7-15(9(2)3)13(18)14-11(12(16)17)10-6-5-8-19-10/h5-6,8-9,11H,4,7H2,1-3H3,(H,14,18)(H,16,17). The third kappa shape index (κ3) is 4.24. The molecule has 2 amide bonds. The number of carbonyl (C=O) groups is 2. The Hall–Kier alpha value is -1.56. The Morgan fingerprint density at radius 3 is 2.58 bits per heavy atom. The van der Waals surface area contributed by atoms with Crippen LogP contribution in [0.1, 0.15) is 38.1 Å². The Morgan fingerprint density at radius 1 is 1.47 bits per heavy atom. The highest BCUT2D eigenvalue weighted by Gasteiger charge is 2.26. The van der Waals surface area contributed by atoms with Crippen LogP contribution in [0.2, 0.25) is 0 Å². The van der Waals surface area contributed by atoms with Crippen LogP contribution in [0.15, 0.2) is 17.5 Å². The molecule has 1 aromatic rings. The van der Waals surface area contributed by atoms with Crippen LogP contribution in [0.25, 0.3) is 0 Å². The maximum absolute atomic E-state index is 12.1. The van der Waals surface area contributed by atoms with Gasteiger partial charge in [-0.1, -0.05) is 13.0 Å². The van der Waals surface area contributed by atoms with Crippen LogP contribution in [0.3, 0.4) is 0 Å². The second-order valence-electron chi connectivity index (χ2n) is 4.52. The van der Waals surface area contributed by atoms with Crippen molar-refractivity contribution in [1.82, 2.24) is 10.2 Å². The van der Waals surface area contributed by atoms with Crippen molar-refractivity contribution in [1.29, 1.82) is 0 Å². The first-order valence-electron chi connectivity index (χ1n) is 6.30. The highest BCUT2D eigenvalue weighted by molar-refractivity contribution is 7.10. The van der Waals surface area contributed by atoms with Gasteiger partial charge in [-0.15, -0.1) is 11.3 Å². The third-order valence-electron chi connectivity index (χ3n) is 2.69. The summed E-state index contributed by atoms with van der Waals surface area (Å²) in [6, 6.07) is 2.21. The number of hydrogen-bond donors (Lipinski definition) is 2. The van der Waals surface area contributed by atoms with Gasteiger partial charge in [0, 0.05) is 17.5 Å². The fourth-order valence-electron chi connectivity index (χ4n) is 1.75. The number of carboxylic acid groups (broad SMARTS) is 1. The zero-order valence-electron chi connectivity index (χ0n) is 11.4. The summed E-state index contributed by atoms with van der Waals surface area (Å²) >= 11 is 1.32. The Bertz CT molecular complexity index is 418. The van der Waals surface area contributed by atoms with E-state index >= 15 is 0 Å². The molecular formula is C13H20N2O3S. The molecular weight excluding hydrogens is 264 g/mol. The van der Waals surface area contributed by atoms with Crippen LogP contribution in [-0.4, -0.2) is 34.6 Å². The molecule has 1 atom stereocenters. The summed E-state index contributed by atoms with van der Waals surface area (Å²) < 4.78 is 0. The quantitative estimate of drug-likeness (QED) is 0.844. The van der Waals surface area contributed by atoms with E-state index in [1.54, 1.807) is 22.4 Å². The molecule has 19 heavy (non-hydrogen) atoms. The van der Waals surface area contributed by atoms with E-state index in [2.05, 4.69) is 5.32 Å². The monoisotopic (exact) mass is 284 g/mol. The van der Waals surface area contributed by atoms with Crippen molar-refractivity contribution in [3.63, 3.8) is 0 Å². The Balaban J connectivity index is 2.79. The van der Waals surface area contributed by atoms with Gasteiger partial charge >= 0.3 is 12.0 Å². The number of thiophene rings is 1. The van der Waals surface area contributed by atoms with Crippen LogP contribution in [-0.2, 0) is 4.79 Å². The van der Waals surface area contributed by atoms with Gasteiger partial charge in [0.25, 0.3) is 0 Å². The lowest BCUT2D eigenvalue weighted by molar-refractivity contribution is -0.139. The molecule has 1 unspecified atom stereocenters. The number of hydrogen-bond acceptors (Lipinski definition) is 3. The first kappa shape index (κ1) is 15.5. The fourth-order valence-corrected chi connectivity index (χ4v) is 2.52. The van der Waals surface area contributed by atoms with E-state index in [4.69, 9.17) is 0 Å². The van der Waals surface area contributed by atoms with Crippen molar-refractivity contribution in [3.8, 4) is 0 Å². The molecule has 0 spiro atoms. The van der Waals surface area contributed by atoms with Crippen molar-refractivity contribution in [2.75, 3.05) is 6.54 Å². The molecule has 0 fully saturated rings. The number of aliphatic carboxylic acids is 1. The number of amides is 2. The van der Waals surface area contributed by atoms with E-state index < -0.39 is 12.0 Å². The molecule has 0 radical (unpaired) electrons. The molecule has 1 heterocycles. The summed E-state index contributed by atoms with van der Waals surface area (Å²) in [6.07, 6.45) is 0.836. The summed E-state index contributed by atoms with van der Waals surface area (Å²) in [5, 5.41) is 13.6. The largest absolute Gasteiger partial charge is 0.479 e. The molecule has 2 N–H and O–H groups in total. The van der Waals surface area contributed by atoms with Gasteiger partial charge in [-0.2, -0.15) is 0 Å². The second kappa shape index (κ2) is 7.13. The molecule has 106 valence electrons. The van der Waals surface area contributed by atoms with Crippen molar-refractivity contribution in [3.05, 3.63) is 22.4 Å². The van der Waals surface area contributed by atoms with E-state index in [9.17, 15) is 14.7 Å². The molecule has 0 saturated carbocycles. The normalized spacial score (nSPS) is 12.2. The maximum atomic E-state index is 12.1. The van der Waals surface area contributed by atoms with Crippen molar-refractivity contribution in [2.45, 2.75) is 39.3 Å². The number of nitrogens with zero attached hydrogens (tertiary/aromatic N) is 1. The van der Waals surface area contributed by atoms with E-state index in [1.165, 1.54) is 11.3 Å². The first-order valence-corrected chi connectivity index (χ1v) is 7.18. The average molecular weight is 284 g/mol. The average Bonchev–Trinajstić information content (AvgIpc) is 2.85. The number of urea groups is 1. The first-order chi connectivity index (χ1) is 8.97. The predicted molar refractivity (Wildman–Crippen MR) is 75.4 cm³/mol. The van der Waals surface area contributed by atoms with Gasteiger partial charge in [0.1, 0.15) is 0 Å². The van der Waals surface area contributed by atoms with E-state index in [0.717, 1.165) is 6.42 Å². The summed E-state index contributed by atoms with van der Waals surface area (Å²) in [5.41, 5.74) is 0. The van der Waals surface area contributed by atoms with E-state index in [1.807, 2.05) is 20.8 Å². The van der Waals surface area contributed by atoms with Gasteiger partial charge in [0.15, 0.2) is 6.04 Å². The highest BCUT2D eigenvalue weighted by atomic mass is 32.1. The summed E-state index contributed by atoms with van der Waals surface area (Å²) in [6.45, 7) is 6.42. The number of nitrogens with one attached hydrogen (secondary N) is 1. The molecule has 6 heteroatoms. The van der Waals surface area contributed by atoms with Crippen LogP contribution < -0.4 is 5.32 Å². The zero-order chi connectivity index (χ0) is 14.4. The topological polar surface area (TPSA) is 69.6 Å². The predicted octanol–water partition coefficient (Wildman–Crippen LogP) is 2.70. The van der Waals surface area contributed by atoms with Crippen LogP contribution in [0.4, 0.5) is 4.79 Å². The Kier molecular flexibility index (Phi) is 5.82. The molecule has 0 aliphatic rings. The van der Waals surface area contributed by atoms with Gasteiger partial charge in [-0.25, -0.2) is 9.59 Å². The minimum absolute atomic E-state index is 0.0396. The maximum Gasteiger partial charge on any atom is 0.331 e. The minimum atomic E-state index is -1.05. The SMILES string of the molecule is CCCN(C(=O)NC(C(=O)O)c1cccs1)C(C)C. The molecule has 1 aromatic heterocycles. The zero-order valence-corrected chi connectivity index (χ0v) is 12.2. The number of carbonyl (C=O) groups excluding carboxylic acids is 1. The van der Waals surface area contributed by atoms with Crippen LogP contribution in [0, 0.1) is 0 Å². The lowest BCUT2D eigenvalue weighted by Gasteiger charge is -2.28. The van der Waals surface area contributed by atoms with E-state index in [0.29, 0.717) is 11.4 Å². The Morgan fingerprint density at radius 2 is 2.16 bits per heavy atom. The molecule has 0 aliphatic carbocycles. The summed E-state index contributed by atoms with van der Waals surface area (Å²) in [5.74, 6) is -1.05. The molecule has 0 bridgehead atoms. The van der Waals surface area contributed by atoms with Crippen molar-refractivity contribution >= 4 is 23.3 Å². The van der Waals surface area contributed by atoms with E-state index in [-0.39, 0.29) is 12.1 Å². The molecule has 5 nitrogen and oxygen atoms in total. The van der Waals surface area contributed by atoms with Crippen molar-refractivity contribution in [2.24, 2.45) is 0 Å². The molecule has 0 aromatic carbocycles. The summed E-state index contributed by atoms with van der Waals surface area (Å²) in [4.78, 5) is 25.7. The molecule has 0 saturated heterocycles.